The van der Waals surface area contributed by atoms with Crippen molar-refractivity contribution in [2.45, 2.75) is 47.5 Å². The van der Waals surface area contributed by atoms with Gasteiger partial charge in [0.1, 0.15) is 0 Å². The summed E-state index contributed by atoms with van der Waals surface area (Å²) < 4.78 is 0. The van der Waals surface area contributed by atoms with Gasteiger partial charge in [-0.15, -0.1) is 0 Å². The second-order valence-electron chi connectivity index (χ2n) is 4.80. The zero-order valence-electron chi connectivity index (χ0n) is 12.8. The van der Waals surface area contributed by atoms with E-state index in [0.29, 0.717) is 0 Å². The molecule has 19 heavy (non-hydrogen) atoms. The van der Waals surface area contributed by atoms with Gasteiger partial charge in [0.05, 0.1) is 0 Å². The number of carbonyl (C=O) groups excluding carboxylic acids is 1. The fourth-order valence-corrected chi connectivity index (χ4v) is 2.30. The highest BCUT2D eigenvalue weighted by Crippen LogP contribution is 2.31. The Morgan fingerprint density at radius 3 is 2.11 bits per heavy atom. The molecule has 0 saturated heterocycles. The predicted molar refractivity (Wildman–Crippen MR) is 83.2 cm³/mol. The smallest absolute Gasteiger partial charge is 0.247 e. The van der Waals surface area contributed by atoms with Gasteiger partial charge in [0.2, 0.25) is 5.91 Å². The Kier molecular flexibility index (Phi) is 6.49. The molecule has 0 aliphatic rings. The maximum atomic E-state index is 11.6. The molecule has 1 rings (SSSR count). The molecule has 0 bridgehead atoms. The highest BCUT2D eigenvalue weighted by atomic mass is 16.1. The van der Waals surface area contributed by atoms with E-state index in [1.165, 1.54) is 28.3 Å². The Labute approximate surface area is 116 Å². The van der Waals surface area contributed by atoms with Crippen LogP contribution in [-0.2, 0) is 11.2 Å². The van der Waals surface area contributed by atoms with Crippen molar-refractivity contribution >= 4 is 11.6 Å². The molecule has 0 fully saturated rings. The SMILES string of the molecule is C=CC(=O)Nc1c(C)c(C)c(C)c(C)c1CCC.N. The van der Waals surface area contributed by atoms with E-state index < -0.39 is 0 Å². The van der Waals surface area contributed by atoms with Crippen LogP contribution in [0, 0.1) is 27.7 Å². The molecule has 3 heteroatoms. The molecule has 0 heterocycles. The van der Waals surface area contributed by atoms with Gasteiger partial charge < -0.3 is 11.5 Å². The minimum absolute atomic E-state index is 0. The van der Waals surface area contributed by atoms with Crippen LogP contribution in [0.4, 0.5) is 5.69 Å². The number of amides is 1. The van der Waals surface area contributed by atoms with Gasteiger partial charge in [-0.05, 0) is 68.0 Å². The largest absolute Gasteiger partial charge is 0.344 e. The third-order valence-electron chi connectivity index (χ3n) is 3.75. The first kappa shape index (κ1) is 17.4. The zero-order chi connectivity index (χ0) is 13.9. The highest BCUT2D eigenvalue weighted by molar-refractivity contribution is 6.00. The van der Waals surface area contributed by atoms with Crippen LogP contribution >= 0.6 is 0 Å². The quantitative estimate of drug-likeness (QED) is 0.800. The molecule has 0 spiro atoms. The van der Waals surface area contributed by atoms with Crippen molar-refractivity contribution in [3.63, 3.8) is 0 Å². The van der Waals surface area contributed by atoms with Crippen LogP contribution in [0.15, 0.2) is 12.7 Å². The third kappa shape index (κ3) is 3.44. The van der Waals surface area contributed by atoms with Crippen molar-refractivity contribution in [2.75, 3.05) is 5.32 Å². The molecule has 0 atom stereocenters. The first-order chi connectivity index (χ1) is 8.43. The van der Waals surface area contributed by atoms with Crippen LogP contribution in [0.3, 0.4) is 0 Å². The molecule has 0 unspecified atom stereocenters. The van der Waals surface area contributed by atoms with Gasteiger partial charge in [-0.1, -0.05) is 19.9 Å². The summed E-state index contributed by atoms with van der Waals surface area (Å²) >= 11 is 0. The average Bonchev–Trinajstić information content (AvgIpc) is 2.37. The van der Waals surface area contributed by atoms with Crippen LogP contribution in [0.25, 0.3) is 0 Å². The van der Waals surface area contributed by atoms with Gasteiger partial charge in [0.25, 0.3) is 0 Å². The fourth-order valence-electron chi connectivity index (χ4n) is 2.30. The third-order valence-corrected chi connectivity index (χ3v) is 3.75. The van der Waals surface area contributed by atoms with E-state index in [2.05, 4.69) is 46.5 Å². The van der Waals surface area contributed by atoms with E-state index in [9.17, 15) is 4.79 Å². The molecule has 4 N–H and O–H groups in total. The summed E-state index contributed by atoms with van der Waals surface area (Å²) in [5.74, 6) is -0.141. The minimum atomic E-state index is -0.141. The van der Waals surface area contributed by atoms with Crippen LogP contribution in [0.5, 0.6) is 0 Å². The highest BCUT2D eigenvalue weighted by Gasteiger charge is 2.15. The molecule has 106 valence electrons. The molecular formula is C16H26N2O. The average molecular weight is 262 g/mol. The first-order valence-electron chi connectivity index (χ1n) is 6.46. The molecule has 1 amide bonds. The second kappa shape index (κ2) is 7.10. The number of benzene rings is 1. The molecule has 3 nitrogen and oxygen atoms in total. The van der Waals surface area contributed by atoms with Crippen molar-refractivity contribution in [2.24, 2.45) is 0 Å². The van der Waals surface area contributed by atoms with E-state index in [4.69, 9.17) is 0 Å². The van der Waals surface area contributed by atoms with E-state index in [1.807, 2.05) is 0 Å². The lowest BCUT2D eigenvalue weighted by atomic mass is 9.90. The summed E-state index contributed by atoms with van der Waals surface area (Å²) in [6.45, 7) is 14.1. The molecule has 0 aliphatic heterocycles. The van der Waals surface area contributed by atoms with E-state index in [0.717, 1.165) is 24.1 Å². The van der Waals surface area contributed by atoms with Gasteiger partial charge in [0, 0.05) is 5.69 Å². The van der Waals surface area contributed by atoms with E-state index in [1.54, 1.807) is 0 Å². The molecule has 1 aromatic carbocycles. The molecule has 0 aliphatic carbocycles. The first-order valence-corrected chi connectivity index (χ1v) is 6.46. The topological polar surface area (TPSA) is 64.1 Å². The maximum absolute atomic E-state index is 11.6. The van der Waals surface area contributed by atoms with Crippen molar-refractivity contribution < 1.29 is 4.79 Å². The van der Waals surface area contributed by atoms with Gasteiger partial charge >= 0.3 is 0 Å². The lowest BCUT2D eigenvalue weighted by Crippen LogP contribution is -2.13. The number of hydrogen-bond acceptors (Lipinski definition) is 2. The lowest BCUT2D eigenvalue weighted by molar-refractivity contribution is -0.111. The Bertz CT molecular complexity index is 490. The van der Waals surface area contributed by atoms with E-state index in [-0.39, 0.29) is 12.1 Å². The lowest BCUT2D eigenvalue weighted by Gasteiger charge is -2.20. The Morgan fingerprint density at radius 1 is 1.11 bits per heavy atom. The summed E-state index contributed by atoms with van der Waals surface area (Å²) in [5.41, 5.74) is 7.27. The fraction of sp³-hybridized carbons (Fsp3) is 0.438. The predicted octanol–water partition coefficient (Wildman–Crippen LogP) is 4.16. The van der Waals surface area contributed by atoms with E-state index >= 15 is 0 Å². The second-order valence-corrected chi connectivity index (χ2v) is 4.80. The summed E-state index contributed by atoms with van der Waals surface area (Å²) in [4.78, 5) is 11.6. The van der Waals surface area contributed by atoms with Gasteiger partial charge in [-0.25, -0.2) is 0 Å². The maximum Gasteiger partial charge on any atom is 0.247 e. The molecule has 0 radical (unpaired) electrons. The van der Waals surface area contributed by atoms with Crippen LogP contribution < -0.4 is 11.5 Å². The number of anilines is 1. The monoisotopic (exact) mass is 262 g/mol. The number of nitrogens with one attached hydrogen (secondary N) is 1. The number of carbonyl (C=O) groups is 1. The molecule has 0 saturated carbocycles. The van der Waals surface area contributed by atoms with Crippen molar-refractivity contribution in [3.8, 4) is 0 Å². The van der Waals surface area contributed by atoms with Crippen molar-refractivity contribution in [1.29, 1.82) is 0 Å². The summed E-state index contributed by atoms with van der Waals surface area (Å²) in [6.07, 6.45) is 3.37. The van der Waals surface area contributed by atoms with Gasteiger partial charge in [-0.2, -0.15) is 0 Å². The van der Waals surface area contributed by atoms with Crippen LogP contribution in [-0.4, -0.2) is 5.91 Å². The zero-order valence-corrected chi connectivity index (χ0v) is 12.8. The van der Waals surface area contributed by atoms with Crippen molar-refractivity contribution in [3.05, 3.63) is 40.5 Å². The number of rotatable bonds is 4. The van der Waals surface area contributed by atoms with Gasteiger partial charge in [0.15, 0.2) is 0 Å². The standard InChI is InChI=1S/C16H23NO.H3N/c1-7-9-14-12(5)10(3)11(4)13(6)16(14)17-15(18)8-2;/h8H,2,7,9H2,1,3-6H3,(H,17,18);1H3. The molecular weight excluding hydrogens is 236 g/mol. The Morgan fingerprint density at radius 2 is 1.63 bits per heavy atom. The number of hydrogen-bond donors (Lipinski definition) is 2. The normalized spacial score (nSPS) is 9.74. The molecule has 0 aromatic heterocycles. The van der Waals surface area contributed by atoms with Crippen molar-refractivity contribution in [1.82, 2.24) is 6.15 Å². The summed E-state index contributed by atoms with van der Waals surface area (Å²) in [5, 5.41) is 2.97. The summed E-state index contributed by atoms with van der Waals surface area (Å²) in [6, 6.07) is 0. The Balaban J connectivity index is 0.00000324. The van der Waals surface area contributed by atoms with Crippen LogP contribution in [0.1, 0.15) is 41.2 Å². The summed E-state index contributed by atoms with van der Waals surface area (Å²) in [7, 11) is 0. The Hall–Kier alpha value is -1.61. The van der Waals surface area contributed by atoms with Gasteiger partial charge in [-0.3, -0.25) is 4.79 Å². The minimum Gasteiger partial charge on any atom is -0.344 e. The molecule has 1 aromatic rings. The van der Waals surface area contributed by atoms with Crippen LogP contribution in [0.2, 0.25) is 0 Å².